The van der Waals surface area contributed by atoms with Crippen LogP contribution < -0.4 is 4.74 Å². The number of nitrogens with zero attached hydrogens (tertiary/aromatic N) is 2. The molecule has 136 valence electrons. The monoisotopic (exact) mass is 362 g/mol. The molecule has 0 heterocycles. The normalized spacial score (nSPS) is 10.7. The second-order valence-electron chi connectivity index (χ2n) is 5.78. The molecular formula is C21H18N2O4. The van der Waals surface area contributed by atoms with Gasteiger partial charge >= 0.3 is 0 Å². The zero-order chi connectivity index (χ0) is 18.9. The maximum absolute atomic E-state index is 10.7. The van der Waals surface area contributed by atoms with Crippen molar-refractivity contribution >= 4 is 11.9 Å². The van der Waals surface area contributed by atoms with Crippen LogP contribution in [0.15, 0.2) is 84.0 Å². The van der Waals surface area contributed by atoms with E-state index in [0.29, 0.717) is 12.2 Å². The van der Waals surface area contributed by atoms with E-state index in [2.05, 4.69) is 5.16 Å². The van der Waals surface area contributed by atoms with E-state index in [4.69, 9.17) is 9.57 Å². The molecule has 0 aliphatic heterocycles. The largest absolute Gasteiger partial charge is 0.489 e. The molecule has 0 saturated heterocycles. The highest BCUT2D eigenvalue weighted by atomic mass is 16.6. The minimum atomic E-state index is -0.436. The van der Waals surface area contributed by atoms with Crippen LogP contribution in [0.5, 0.6) is 5.75 Å². The lowest BCUT2D eigenvalue weighted by molar-refractivity contribution is -0.384. The number of nitro groups is 1. The second-order valence-corrected chi connectivity index (χ2v) is 5.78. The summed E-state index contributed by atoms with van der Waals surface area (Å²) in [6, 6.07) is 23.7. The number of hydrogen-bond donors (Lipinski definition) is 0. The van der Waals surface area contributed by atoms with Crippen LogP contribution in [0, 0.1) is 10.1 Å². The summed E-state index contributed by atoms with van der Waals surface area (Å²) in [6.07, 6.45) is 1.58. The lowest BCUT2D eigenvalue weighted by atomic mass is 10.2. The van der Waals surface area contributed by atoms with Crippen LogP contribution in [-0.2, 0) is 18.1 Å². The first-order valence-corrected chi connectivity index (χ1v) is 8.36. The van der Waals surface area contributed by atoms with Gasteiger partial charge in [-0.15, -0.1) is 0 Å². The lowest BCUT2D eigenvalue weighted by Gasteiger charge is -2.06. The predicted octanol–water partition coefficient (Wildman–Crippen LogP) is 4.72. The Hall–Kier alpha value is -3.67. The van der Waals surface area contributed by atoms with Crippen molar-refractivity contribution in [3.05, 3.63) is 106 Å². The Kier molecular flexibility index (Phi) is 6.14. The highest BCUT2D eigenvalue weighted by Crippen LogP contribution is 2.15. The van der Waals surface area contributed by atoms with Crippen molar-refractivity contribution < 1.29 is 14.5 Å². The number of oxime groups is 1. The molecule has 0 aliphatic carbocycles. The number of rotatable bonds is 8. The zero-order valence-corrected chi connectivity index (χ0v) is 14.5. The molecule has 3 aromatic carbocycles. The third-order valence-electron chi connectivity index (χ3n) is 3.76. The van der Waals surface area contributed by atoms with Crippen LogP contribution in [0.1, 0.15) is 16.7 Å². The number of ether oxygens (including phenoxy) is 1. The molecule has 0 aliphatic rings. The van der Waals surface area contributed by atoms with Gasteiger partial charge in [-0.05, 0) is 41.0 Å². The van der Waals surface area contributed by atoms with Gasteiger partial charge in [0.1, 0.15) is 19.0 Å². The van der Waals surface area contributed by atoms with Crippen LogP contribution in [0.25, 0.3) is 0 Å². The molecule has 27 heavy (non-hydrogen) atoms. The smallest absolute Gasteiger partial charge is 0.269 e. The summed E-state index contributed by atoms with van der Waals surface area (Å²) in [5.41, 5.74) is 2.69. The van der Waals surface area contributed by atoms with Crippen molar-refractivity contribution in [2.45, 2.75) is 13.2 Å². The summed E-state index contributed by atoms with van der Waals surface area (Å²) >= 11 is 0. The molecule has 6 nitrogen and oxygen atoms in total. The van der Waals surface area contributed by atoms with Gasteiger partial charge in [0.05, 0.1) is 11.1 Å². The Labute approximate surface area is 156 Å². The lowest BCUT2D eigenvalue weighted by Crippen LogP contribution is -1.95. The molecule has 0 spiro atoms. The Morgan fingerprint density at radius 2 is 1.63 bits per heavy atom. The first-order valence-electron chi connectivity index (χ1n) is 8.36. The van der Waals surface area contributed by atoms with Crippen LogP contribution >= 0.6 is 0 Å². The Morgan fingerprint density at radius 3 is 2.37 bits per heavy atom. The maximum Gasteiger partial charge on any atom is 0.269 e. The highest BCUT2D eigenvalue weighted by molar-refractivity contribution is 5.79. The standard InChI is InChI=1S/C21H18N2O4/c24-23(25)20-8-4-7-19(13-20)16-27-22-14-17-9-11-21(12-10-17)26-15-18-5-2-1-3-6-18/h1-14H,15-16H2/b22-14-. The number of nitro benzene ring substituents is 1. The highest BCUT2D eigenvalue weighted by Gasteiger charge is 2.05. The minimum Gasteiger partial charge on any atom is -0.489 e. The maximum atomic E-state index is 10.7. The van der Waals surface area contributed by atoms with Crippen molar-refractivity contribution in [1.29, 1.82) is 0 Å². The van der Waals surface area contributed by atoms with E-state index in [9.17, 15) is 10.1 Å². The van der Waals surface area contributed by atoms with Gasteiger partial charge in [0.25, 0.3) is 5.69 Å². The van der Waals surface area contributed by atoms with E-state index >= 15 is 0 Å². The molecule has 3 aromatic rings. The van der Waals surface area contributed by atoms with Crippen molar-refractivity contribution in [2.24, 2.45) is 5.16 Å². The average molecular weight is 362 g/mol. The molecule has 3 rings (SSSR count). The van der Waals surface area contributed by atoms with E-state index in [-0.39, 0.29) is 12.3 Å². The summed E-state index contributed by atoms with van der Waals surface area (Å²) in [7, 11) is 0. The quantitative estimate of drug-likeness (QED) is 0.330. The van der Waals surface area contributed by atoms with Gasteiger partial charge < -0.3 is 9.57 Å². The fourth-order valence-electron chi connectivity index (χ4n) is 2.36. The summed E-state index contributed by atoms with van der Waals surface area (Å²) < 4.78 is 5.73. The second kappa shape index (κ2) is 9.15. The molecule has 0 radical (unpaired) electrons. The van der Waals surface area contributed by atoms with Crippen molar-refractivity contribution in [2.75, 3.05) is 0 Å². The Bertz CT molecular complexity index is 909. The van der Waals surface area contributed by atoms with E-state index < -0.39 is 4.92 Å². The van der Waals surface area contributed by atoms with Crippen LogP contribution in [0.2, 0.25) is 0 Å². The zero-order valence-electron chi connectivity index (χ0n) is 14.5. The number of non-ortho nitro benzene ring substituents is 1. The van der Waals surface area contributed by atoms with Crippen molar-refractivity contribution in [1.82, 2.24) is 0 Å². The molecule has 0 amide bonds. The fraction of sp³-hybridized carbons (Fsp3) is 0.0952. The van der Waals surface area contributed by atoms with Crippen molar-refractivity contribution in [3.8, 4) is 5.75 Å². The predicted molar refractivity (Wildman–Crippen MR) is 103 cm³/mol. The van der Waals surface area contributed by atoms with Crippen LogP contribution in [0.4, 0.5) is 5.69 Å². The minimum absolute atomic E-state index is 0.0335. The molecule has 0 atom stereocenters. The first kappa shape index (κ1) is 18.1. The molecule has 0 fully saturated rings. The topological polar surface area (TPSA) is 74.0 Å². The summed E-state index contributed by atoms with van der Waals surface area (Å²) in [5, 5.41) is 14.6. The van der Waals surface area contributed by atoms with Crippen LogP contribution in [0.3, 0.4) is 0 Å². The summed E-state index contributed by atoms with van der Waals surface area (Å²) in [5.74, 6) is 0.772. The van der Waals surface area contributed by atoms with Gasteiger partial charge in [0.2, 0.25) is 0 Å². The van der Waals surface area contributed by atoms with E-state index in [1.165, 1.54) is 12.1 Å². The molecule has 0 aromatic heterocycles. The van der Waals surface area contributed by atoms with Crippen molar-refractivity contribution in [3.63, 3.8) is 0 Å². The summed E-state index contributed by atoms with van der Waals surface area (Å²) in [4.78, 5) is 15.5. The Balaban J connectivity index is 1.48. The molecule has 0 N–H and O–H groups in total. The SMILES string of the molecule is O=[N+]([O-])c1cccc(CO/N=C\c2ccc(OCc3ccccc3)cc2)c1. The van der Waals surface area contributed by atoms with Gasteiger partial charge in [0, 0.05) is 12.1 Å². The van der Waals surface area contributed by atoms with Gasteiger partial charge in [-0.25, -0.2) is 0 Å². The molecule has 0 bridgehead atoms. The molecule has 6 heteroatoms. The number of hydrogen-bond acceptors (Lipinski definition) is 5. The van der Waals surface area contributed by atoms with Gasteiger partial charge in [-0.3, -0.25) is 10.1 Å². The third-order valence-corrected chi connectivity index (χ3v) is 3.76. The number of benzene rings is 3. The van der Waals surface area contributed by atoms with Crippen LogP contribution in [-0.4, -0.2) is 11.1 Å². The molecule has 0 saturated carbocycles. The van der Waals surface area contributed by atoms with Gasteiger partial charge in [-0.2, -0.15) is 0 Å². The fourth-order valence-corrected chi connectivity index (χ4v) is 2.36. The van der Waals surface area contributed by atoms with E-state index in [1.807, 2.05) is 54.6 Å². The third kappa shape index (κ3) is 5.67. The Morgan fingerprint density at radius 1 is 0.889 bits per heavy atom. The molecule has 0 unspecified atom stereocenters. The van der Waals surface area contributed by atoms with Gasteiger partial charge in [0.15, 0.2) is 0 Å². The average Bonchev–Trinajstić information content (AvgIpc) is 2.71. The van der Waals surface area contributed by atoms with E-state index in [1.54, 1.807) is 18.3 Å². The van der Waals surface area contributed by atoms with E-state index in [0.717, 1.165) is 16.9 Å². The molecular weight excluding hydrogens is 344 g/mol. The van der Waals surface area contributed by atoms with Gasteiger partial charge in [-0.1, -0.05) is 47.6 Å². The first-order chi connectivity index (χ1) is 13.2. The summed E-state index contributed by atoms with van der Waals surface area (Å²) in [6.45, 7) is 0.678.